The molecule has 1 aromatic heterocycles. The van der Waals surface area contributed by atoms with Crippen molar-refractivity contribution in [3.8, 4) is 21.9 Å². The van der Waals surface area contributed by atoms with Crippen LogP contribution in [0.15, 0.2) is 24.3 Å². The Kier molecular flexibility index (Phi) is 5.99. The quantitative estimate of drug-likeness (QED) is 0.846. The van der Waals surface area contributed by atoms with Gasteiger partial charge in [-0.05, 0) is 69.9 Å². The number of fused-ring (bicyclic) bond motifs is 1. The zero-order valence-corrected chi connectivity index (χ0v) is 16.2. The summed E-state index contributed by atoms with van der Waals surface area (Å²) in [5.74, 6) is 0.913. The molecule has 0 spiro atoms. The molecule has 4 nitrogen and oxygen atoms in total. The number of ether oxygens (including phenoxy) is 1. The van der Waals surface area contributed by atoms with Gasteiger partial charge in [-0.15, -0.1) is 11.3 Å². The van der Waals surface area contributed by atoms with E-state index in [0.717, 1.165) is 50.3 Å². The van der Waals surface area contributed by atoms with Gasteiger partial charge in [-0.1, -0.05) is 6.92 Å². The fourth-order valence-electron chi connectivity index (χ4n) is 3.20. The second-order valence-corrected chi connectivity index (χ2v) is 8.06. The predicted molar refractivity (Wildman–Crippen MR) is 105 cm³/mol. The van der Waals surface area contributed by atoms with Crippen LogP contribution in [0.25, 0.3) is 10.4 Å². The van der Waals surface area contributed by atoms with E-state index in [1.54, 1.807) is 11.3 Å². The summed E-state index contributed by atoms with van der Waals surface area (Å²) in [6.45, 7) is 9.90. The normalized spacial score (nSPS) is 15.0. The van der Waals surface area contributed by atoms with Crippen molar-refractivity contribution in [3.05, 3.63) is 34.7 Å². The van der Waals surface area contributed by atoms with Gasteiger partial charge in [0.25, 0.3) is 0 Å². The van der Waals surface area contributed by atoms with Gasteiger partial charge in [0.1, 0.15) is 6.61 Å². The molecule has 0 aliphatic carbocycles. The van der Waals surface area contributed by atoms with Gasteiger partial charge in [-0.3, -0.25) is 4.90 Å². The number of benzene rings is 1. The van der Waals surface area contributed by atoms with Crippen molar-refractivity contribution in [2.45, 2.75) is 26.8 Å². The Bertz CT molecular complexity index is 714. The van der Waals surface area contributed by atoms with Crippen molar-refractivity contribution in [2.24, 2.45) is 0 Å². The molecule has 25 heavy (non-hydrogen) atoms. The zero-order valence-electron chi connectivity index (χ0n) is 15.4. The van der Waals surface area contributed by atoms with Gasteiger partial charge in [0.05, 0.1) is 0 Å². The molecular formula is C20H28N2O2S. The van der Waals surface area contributed by atoms with Gasteiger partial charge >= 0.3 is 0 Å². The Morgan fingerprint density at radius 1 is 1.32 bits per heavy atom. The first-order chi connectivity index (χ1) is 12.1. The molecule has 0 unspecified atom stereocenters. The van der Waals surface area contributed by atoms with Gasteiger partial charge < -0.3 is 14.7 Å². The first-order valence-electron chi connectivity index (χ1n) is 9.03. The highest BCUT2D eigenvalue weighted by atomic mass is 32.1. The van der Waals surface area contributed by atoms with Crippen LogP contribution in [0.1, 0.15) is 23.8 Å². The van der Waals surface area contributed by atoms with Crippen LogP contribution in [0, 0.1) is 6.92 Å². The molecule has 1 N–H and O–H groups in total. The number of nitrogens with zero attached hydrogens (tertiary/aromatic N) is 2. The molecule has 0 radical (unpaired) electrons. The summed E-state index contributed by atoms with van der Waals surface area (Å²) in [5.41, 5.74) is 2.16. The molecule has 2 heterocycles. The van der Waals surface area contributed by atoms with Crippen LogP contribution < -0.4 is 4.74 Å². The van der Waals surface area contributed by atoms with E-state index in [0.29, 0.717) is 12.4 Å². The Morgan fingerprint density at radius 2 is 2.16 bits per heavy atom. The molecule has 2 aromatic rings. The minimum atomic E-state index is 0.256. The molecule has 1 aliphatic rings. The fraction of sp³-hybridized carbons (Fsp3) is 0.500. The number of hydrogen-bond acceptors (Lipinski definition) is 5. The first-order valence-corrected chi connectivity index (χ1v) is 9.85. The number of rotatable bonds is 6. The molecule has 0 atom stereocenters. The number of phenols is 1. The van der Waals surface area contributed by atoms with E-state index in [9.17, 15) is 5.11 Å². The molecule has 5 heteroatoms. The van der Waals surface area contributed by atoms with Crippen LogP contribution in [0.2, 0.25) is 0 Å². The molecule has 136 valence electrons. The molecule has 0 saturated carbocycles. The standard InChI is InChI=1S/C20H28N2O2S/c1-4-21(3)8-5-9-22-10-11-24-20-17(14-22)12-16(13-18(20)23)19-7-6-15(2)25-19/h6-7,12-13,23H,4-5,8-11,14H2,1-3H3. The van der Waals surface area contributed by atoms with Gasteiger partial charge in [0.2, 0.25) is 0 Å². The molecule has 3 rings (SSSR count). The molecule has 1 aromatic carbocycles. The van der Waals surface area contributed by atoms with Crippen molar-refractivity contribution in [1.29, 1.82) is 0 Å². The second-order valence-electron chi connectivity index (χ2n) is 6.77. The zero-order chi connectivity index (χ0) is 17.8. The lowest BCUT2D eigenvalue weighted by Crippen LogP contribution is -2.29. The minimum absolute atomic E-state index is 0.256. The van der Waals surface area contributed by atoms with Gasteiger partial charge in [0.15, 0.2) is 11.5 Å². The number of thiophene rings is 1. The summed E-state index contributed by atoms with van der Waals surface area (Å²) >= 11 is 1.75. The Balaban J connectivity index is 1.76. The van der Waals surface area contributed by atoms with Crippen molar-refractivity contribution in [2.75, 3.05) is 39.8 Å². The summed E-state index contributed by atoms with van der Waals surface area (Å²) in [4.78, 5) is 7.24. The number of hydrogen-bond donors (Lipinski definition) is 1. The largest absolute Gasteiger partial charge is 0.504 e. The third kappa shape index (κ3) is 4.54. The Morgan fingerprint density at radius 3 is 2.88 bits per heavy atom. The maximum Gasteiger partial charge on any atom is 0.165 e. The maximum atomic E-state index is 10.5. The lowest BCUT2D eigenvalue weighted by atomic mass is 10.1. The van der Waals surface area contributed by atoms with Crippen LogP contribution in [0.3, 0.4) is 0 Å². The highest BCUT2D eigenvalue weighted by Gasteiger charge is 2.20. The van der Waals surface area contributed by atoms with E-state index in [1.807, 2.05) is 6.07 Å². The molecule has 0 saturated heterocycles. The third-order valence-electron chi connectivity index (χ3n) is 4.77. The lowest BCUT2D eigenvalue weighted by molar-refractivity contribution is 0.212. The van der Waals surface area contributed by atoms with E-state index in [4.69, 9.17) is 4.74 Å². The summed E-state index contributed by atoms with van der Waals surface area (Å²) in [7, 11) is 2.16. The van der Waals surface area contributed by atoms with E-state index in [2.05, 4.69) is 48.9 Å². The minimum Gasteiger partial charge on any atom is -0.504 e. The SMILES string of the molecule is CCN(C)CCCN1CCOc2c(O)cc(-c3ccc(C)s3)cc2C1. The van der Waals surface area contributed by atoms with Gasteiger partial charge in [0, 0.05) is 28.4 Å². The predicted octanol–water partition coefficient (Wildman–Crippen LogP) is 3.97. The van der Waals surface area contributed by atoms with Crippen molar-refractivity contribution in [3.63, 3.8) is 0 Å². The number of phenolic OH excluding ortho intramolecular Hbond substituents is 1. The van der Waals surface area contributed by atoms with Gasteiger partial charge in [-0.25, -0.2) is 0 Å². The molecule has 0 amide bonds. The molecule has 1 aliphatic heterocycles. The second kappa shape index (κ2) is 8.21. The smallest absolute Gasteiger partial charge is 0.165 e. The summed E-state index contributed by atoms with van der Waals surface area (Å²) in [6, 6.07) is 8.25. The highest BCUT2D eigenvalue weighted by Crippen LogP contribution is 2.39. The Hall–Kier alpha value is -1.56. The first kappa shape index (κ1) is 18.2. The average molecular weight is 361 g/mol. The number of aromatic hydroxyl groups is 1. The van der Waals surface area contributed by atoms with Crippen LogP contribution in [0.5, 0.6) is 11.5 Å². The highest BCUT2D eigenvalue weighted by molar-refractivity contribution is 7.15. The van der Waals surface area contributed by atoms with Crippen LogP contribution >= 0.6 is 11.3 Å². The van der Waals surface area contributed by atoms with E-state index in [1.165, 1.54) is 9.75 Å². The summed E-state index contributed by atoms with van der Waals surface area (Å²) in [5, 5.41) is 10.5. The number of aryl methyl sites for hydroxylation is 1. The van der Waals surface area contributed by atoms with E-state index in [-0.39, 0.29) is 5.75 Å². The molecule has 0 fully saturated rings. The fourth-order valence-corrected chi connectivity index (χ4v) is 4.05. The summed E-state index contributed by atoms with van der Waals surface area (Å²) < 4.78 is 5.86. The van der Waals surface area contributed by atoms with Gasteiger partial charge in [-0.2, -0.15) is 0 Å². The van der Waals surface area contributed by atoms with Crippen molar-refractivity contribution in [1.82, 2.24) is 9.80 Å². The monoisotopic (exact) mass is 360 g/mol. The van der Waals surface area contributed by atoms with E-state index < -0.39 is 0 Å². The Labute approximate surface area is 154 Å². The molecular weight excluding hydrogens is 332 g/mol. The van der Waals surface area contributed by atoms with Crippen LogP contribution in [-0.2, 0) is 6.54 Å². The van der Waals surface area contributed by atoms with Crippen molar-refractivity contribution < 1.29 is 9.84 Å². The van der Waals surface area contributed by atoms with Crippen molar-refractivity contribution >= 4 is 11.3 Å². The topological polar surface area (TPSA) is 35.9 Å². The maximum absolute atomic E-state index is 10.5. The molecule has 0 bridgehead atoms. The third-order valence-corrected chi connectivity index (χ3v) is 5.82. The average Bonchev–Trinajstić information content (AvgIpc) is 2.91. The van der Waals surface area contributed by atoms with E-state index >= 15 is 0 Å². The van der Waals surface area contributed by atoms with Crippen LogP contribution in [0.4, 0.5) is 0 Å². The lowest BCUT2D eigenvalue weighted by Gasteiger charge is -2.21. The van der Waals surface area contributed by atoms with Crippen LogP contribution in [-0.4, -0.2) is 54.7 Å². The summed E-state index contributed by atoms with van der Waals surface area (Å²) in [6.07, 6.45) is 1.15.